The van der Waals surface area contributed by atoms with Crippen LogP contribution in [0.1, 0.15) is 45.3 Å². The van der Waals surface area contributed by atoms with Crippen molar-refractivity contribution in [3.05, 3.63) is 32.3 Å². The molecule has 1 amide bonds. The Balaban J connectivity index is 1.92. The van der Waals surface area contributed by atoms with E-state index < -0.39 is 0 Å². The van der Waals surface area contributed by atoms with Crippen molar-refractivity contribution in [2.75, 3.05) is 0 Å². The maximum atomic E-state index is 12.3. The lowest BCUT2D eigenvalue weighted by atomic mass is 9.98. The van der Waals surface area contributed by atoms with Crippen LogP contribution < -0.4 is 5.32 Å². The summed E-state index contributed by atoms with van der Waals surface area (Å²) in [4.78, 5) is 17.3. The smallest absolute Gasteiger partial charge is 0.261 e. The molecule has 2 aromatic rings. The van der Waals surface area contributed by atoms with Gasteiger partial charge in [-0.25, -0.2) is 0 Å². The molecule has 1 aliphatic carbocycles. The Kier molecular flexibility index (Phi) is 3.69. The maximum absolute atomic E-state index is 12.3. The molecule has 0 aromatic carbocycles. The lowest BCUT2D eigenvalue weighted by Gasteiger charge is -2.10. The number of amides is 1. The van der Waals surface area contributed by atoms with Crippen LogP contribution in [-0.4, -0.2) is 11.9 Å². The van der Waals surface area contributed by atoms with Crippen LogP contribution in [0, 0.1) is 6.92 Å². The normalized spacial score (nSPS) is 14.6. The topological polar surface area (TPSA) is 29.1 Å². The number of thiophene rings is 2. The highest BCUT2D eigenvalue weighted by atomic mass is 32.1. The van der Waals surface area contributed by atoms with Crippen molar-refractivity contribution in [2.24, 2.45) is 0 Å². The maximum Gasteiger partial charge on any atom is 0.261 e. The molecule has 0 bridgehead atoms. The van der Waals surface area contributed by atoms with E-state index in [0.717, 1.165) is 24.1 Å². The molecule has 0 fully saturated rings. The highest BCUT2D eigenvalue weighted by molar-refractivity contribution is 7.18. The molecular weight excluding hydrogens is 286 g/mol. The molecule has 1 unspecified atom stereocenters. The van der Waals surface area contributed by atoms with Crippen LogP contribution in [0.3, 0.4) is 0 Å². The van der Waals surface area contributed by atoms with Crippen LogP contribution in [0.2, 0.25) is 0 Å². The minimum absolute atomic E-state index is 0.0762. The van der Waals surface area contributed by atoms with Crippen molar-refractivity contribution < 1.29 is 4.79 Å². The fraction of sp³-hybridized carbons (Fsp3) is 0.438. The van der Waals surface area contributed by atoms with E-state index in [2.05, 4.69) is 31.3 Å². The van der Waals surface area contributed by atoms with Gasteiger partial charge in [-0.3, -0.25) is 4.79 Å². The molecule has 0 spiro atoms. The summed E-state index contributed by atoms with van der Waals surface area (Å²) >= 11 is 3.54. The van der Waals surface area contributed by atoms with Gasteiger partial charge in [0, 0.05) is 26.2 Å². The van der Waals surface area contributed by atoms with Crippen molar-refractivity contribution in [1.29, 1.82) is 0 Å². The van der Waals surface area contributed by atoms with Gasteiger partial charge in [0.15, 0.2) is 0 Å². The summed E-state index contributed by atoms with van der Waals surface area (Å²) in [5.41, 5.74) is 2.70. The van der Waals surface area contributed by atoms with Gasteiger partial charge in [0.2, 0.25) is 0 Å². The molecule has 2 nitrogen and oxygen atoms in total. The van der Waals surface area contributed by atoms with Gasteiger partial charge in [-0.15, -0.1) is 22.7 Å². The monoisotopic (exact) mass is 305 g/mol. The van der Waals surface area contributed by atoms with E-state index in [1.807, 2.05) is 18.3 Å². The predicted molar refractivity (Wildman–Crippen MR) is 87.0 cm³/mol. The number of rotatable bonds is 3. The molecule has 1 N–H and O–H groups in total. The minimum atomic E-state index is 0.0762. The Labute approximate surface area is 127 Å². The standard InChI is InChI=1S/C16H19NOS2/c1-4-9(2)17-16(18)14-8-11-5-6-13-12(15(11)20-14)7-10(3)19-13/h7-9H,4-6H2,1-3H3,(H,17,18). The summed E-state index contributed by atoms with van der Waals surface area (Å²) < 4.78 is 0. The first-order valence-corrected chi connectivity index (χ1v) is 8.75. The third kappa shape index (κ3) is 2.42. The van der Waals surface area contributed by atoms with Gasteiger partial charge in [0.25, 0.3) is 5.91 Å². The molecule has 0 aliphatic heterocycles. The second kappa shape index (κ2) is 5.34. The lowest BCUT2D eigenvalue weighted by molar-refractivity contribution is 0.0943. The van der Waals surface area contributed by atoms with E-state index in [0.29, 0.717) is 0 Å². The molecular formula is C16H19NOS2. The van der Waals surface area contributed by atoms with Crippen molar-refractivity contribution in [2.45, 2.75) is 46.1 Å². The van der Waals surface area contributed by atoms with Gasteiger partial charge < -0.3 is 5.32 Å². The average molecular weight is 305 g/mol. The first kappa shape index (κ1) is 13.8. The molecule has 1 aliphatic rings. The zero-order valence-electron chi connectivity index (χ0n) is 12.1. The van der Waals surface area contributed by atoms with Gasteiger partial charge in [0.05, 0.1) is 4.88 Å². The average Bonchev–Trinajstić information content (AvgIpc) is 2.99. The molecule has 106 valence electrons. The van der Waals surface area contributed by atoms with Crippen molar-refractivity contribution >= 4 is 28.6 Å². The molecule has 0 saturated carbocycles. The molecule has 20 heavy (non-hydrogen) atoms. The SMILES string of the molecule is CCC(C)NC(=O)c1cc2c(s1)-c1cc(C)sc1CC2. The summed E-state index contributed by atoms with van der Waals surface area (Å²) in [5, 5.41) is 3.06. The van der Waals surface area contributed by atoms with Crippen LogP contribution in [0.25, 0.3) is 10.4 Å². The fourth-order valence-corrected chi connectivity index (χ4v) is 4.80. The quantitative estimate of drug-likeness (QED) is 0.894. The van der Waals surface area contributed by atoms with E-state index in [-0.39, 0.29) is 11.9 Å². The van der Waals surface area contributed by atoms with E-state index in [4.69, 9.17) is 0 Å². The molecule has 4 heteroatoms. The summed E-state index contributed by atoms with van der Waals surface area (Å²) in [6.45, 7) is 6.30. The van der Waals surface area contributed by atoms with Crippen molar-refractivity contribution in [3.8, 4) is 10.4 Å². The summed E-state index contributed by atoms with van der Waals surface area (Å²) in [7, 11) is 0. The van der Waals surface area contributed by atoms with Crippen molar-refractivity contribution in [1.82, 2.24) is 5.32 Å². The highest BCUT2D eigenvalue weighted by Gasteiger charge is 2.23. The Morgan fingerprint density at radius 2 is 2.15 bits per heavy atom. The van der Waals surface area contributed by atoms with E-state index in [1.165, 1.54) is 25.8 Å². The number of carbonyl (C=O) groups excluding carboxylic acids is 1. The number of hydrogen-bond donors (Lipinski definition) is 1. The Bertz CT molecular complexity index is 653. The fourth-order valence-electron chi connectivity index (χ4n) is 2.54. The summed E-state index contributed by atoms with van der Waals surface area (Å²) in [5.74, 6) is 0.0762. The van der Waals surface area contributed by atoms with Crippen LogP contribution in [-0.2, 0) is 12.8 Å². The van der Waals surface area contributed by atoms with E-state index >= 15 is 0 Å². The second-order valence-electron chi connectivity index (χ2n) is 5.44. The Hall–Kier alpha value is -1.13. The third-order valence-electron chi connectivity index (χ3n) is 3.82. The zero-order chi connectivity index (χ0) is 14.3. The lowest BCUT2D eigenvalue weighted by Crippen LogP contribution is -2.31. The first-order chi connectivity index (χ1) is 9.58. The number of aryl methyl sites for hydroxylation is 3. The van der Waals surface area contributed by atoms with Gasteiger partial charge in [0.1, 0.15) is 0 Å². The Morgan fingerprint density at radius 1 is 1.35 bits per heavy atom. The molecule has 2 aromatic heterocycles. The van der Waals surface area contributed by atoms with Gasteiger partial charge >= 0.3 is 0 Å². The molecule has 1 atom stereocenters. The molecule has 2 heterocycles. The first-order valence-electron chi connectivity index (χ1n) is 7.11. The van der Waals surface area contributed by atoms with Crippen LogP contribution in [0.15, 0.2) is 12.1 Å². The molecule has 3 rings (SSSR count). The number of nitrogens with one attached hydrogen (secondary N) is 1. The predicted octanol–water partition coefficient (Wildman–Crippen LogP) is 4.41. The van der Waals surface area contributed by atoms with E-state index in [1.54, 1.807) is 11.3 Å². The second-order valence-corrected chi connectivity index (χ2v) is 7.83. The highest BCUT2D eigenvalue weighted by Crippen LogP contribution is 2.43. The summed E-state index contributed by atoms with van der Waals surface area (Å²) in [6.07, 6.45) is 3.14. The van der Waals surface area contributed by atoms with Gasteiger partial charge in [-0.1, -0.05) is 6.92 Å². The number of hydrogen-bond acceptors (Lipinski definition) is 3. The summed E-state index contributed by atoms with van der Waals surface area (Å²) in [6, 6.07) is 4.60. The van der Waals surface area contributed by atoms with Gasteiger partial charge in [-0.2, -0.15) is 0 Å². The van der Waals surface area contributed by atoms with Crippen LogP contribution in [0.5, 0.6) is 0 Å². The number of fused-ring (bicyclic) bond motifs is 3. The van der Waals surface area contributed by atoms with Crippen molar-refractivity contribution in [3.63, 3.8) is 0 Å². The van der Waals surface area contributed by atoms with Gasteiger partial charge in [-0.05, 0) is 50.8 Å². The van der Waals surface area contributed by atoms with Crippen LogP contribution in [0.4, 0.5) is 0 Å². The Morgan fingerprint density at radius 3 is 2.90 bits per heavy atom. The van der Waals surface area contributed by atoms with E-state index in [9.17, 15) is 4.79 Å². The third-order valence-corrected chi connectivity index (χ3v) is 6.14. The zero-order valence-corrected chi connectivity index (χ0v) is 13.7. The minimum Gasteiger partial charge on any atom is -0.349 e. The molecule has 0 saturated heterocycles. The largest absolute Gasteiger partial charge is 0.349 e. The van der Waals surface area contributed by atoms with Crippen LogP contribution >= 0.6 is 22.7 Å². The number of carbonyl (C=O) groups is 1. The molecule has 0 radical (unpaired) electrons.